The second kappa shape index (κ2) is 10.8. The van der Waals surface area contributed by atoms with Gasteiger partial charge in [0.15, 0.2) is 0 Å². The molecule has 0 bridgehead atoms. The number of carbonyl (C=O) groups is 3. The molecule has 1 aliphatic heterocycles. The van der Waals surface area contributed by atoms with Gasteiger partial charge in [-0.2, -0.15) is 0 Å². The van der Waals surface area contributed by atoms with Gasteiger partial charge in [0.1, 0.15) is 23.1 Å². The van der Waals surface area contributed by atoms with Crippen LogP contribution in [0.25, 0.3) is 0 Å². The molecule has 1 aromatic heterocycles. The molecule has 4 rings (SSSR count). The topological polar surface area (TPSA) is 94.6 Å². The summed E-state index contributed by atoms with van der Waals surface area (Å²) in [6.45, 7) is 3.00. The molecule has 1 atom stereocenters. The lowest BCUT2D eigenvalue weighted by Crippen LogP contribution is -2.60. The largest absolute Gasteiger partial charge is 0.341 e. The lowest BCUT2D eigenvalue weighted by molar-refractivity contribution is -0.130. The van der Waals surface area contributed by atoms with E-state index in [0.717, 1.165) is 12.3 Å². The van der Waals surface area contributed by atoms with Crippen molar-refractivity contribution in [1.29, 1.82) is 0 Å². The average Bonchev–Trinajstić information content (AvgIpc) is 2.94. The maximum atomic E-state index is 13.5. The highest BCUT2D eigenvalue weighted by atomic mass is 35.5. The minimum Gasteiger partial charge on any atom is -0.341 e. The zero-order valence-corrected chi connectivity index (χ0v) is 22.8. The quantitative estimate of drug-likeness (QED) is 0.445. The van der Waals surface area contributed by atoms with Crippen LogP contribution >= 0.6 is 34.8 Å². The Morgan fingerprint density at radius 1 is 1.00 bits per heavy atom. The van der Waals surface area contributed by atoms with Gasteiger partial charge in [-0.15, -0.1) is 0 Å². The fraction of sp³-hybridized carbons (Fsp3) is 0.231. The number of nitrogens with zero attached hydrogens (tertiary/aromatic N) is 3. The highest BCUT2D eigenvalue weighted by molar-refractivity contribution is 6.35. The third kappa shape index (κ3) is 5.85. The van der Waals surface area contributed by atoms with Crippen LogP contribution in [-0.2, 0) is 9.59 Å². The van der Waals surface area contributed by atoms with Crippen molar-refractivity contribution in [2.24, 2.45) is 0 Å². The minimum atomic E-state index is -1.45. The Kier molecular flexibility index (Phi) is 7.83. The molecule has 0 spiro atoms. The van der Waals surface area contributed by atoms with Crippen LogP contribution in [-0.4, -0.2) is 47.9 Å². The minimum absolute atomic E-state index is 0.0315. The number of aromatic nitrogens is 1. The Morgan fingerprint density at radius 3 is 2.32 bits per heavy atom. The lowest BCUT2D eigenvalue weighted by atomic mass is 10.0. The van der Waals surface area contributed by atoms with E-state index >= 15 is 0 Å². The number of fused-ring (bicyclic) bond motifs is 1. The highest BCUT2D eigenvalue weighted by Crippen LogP contribution is 2.40. The van der Waals surface area contributed by atoms with Crippen LogP contribution in [0.15, 0.2) is 54.7 Å². The summed E-state index contributed by atoms with van der Waals surface area (Å²) in [7, 11) is 1.58. The summed E-state index contributed by atoms with van der Waals surface area (Å²) in [6, 6.07) is 11.4. The Bertz CT molecular complexity index is 1400. The number of likely N-dealkylation sites (N-methyl/N-ethyl adjacent to an activating group) is 1. The molecular weight excluding hydrogens is 556 g/mol. The van der Waals surface area contributed by atoms with Gasteiger partial charge < -0.3 is 20.4 Å². The number of halogens is 4. The Labute approximate surface area is 233 Å². The smallest absolute Gasteiger partial charge is 0.270 e. The highest BCUT2D eigenvalue weighted by Gasteiger charge is 2.38. The lowest BCUT2D eigenvalue weighted by Gasteiger charge is -2.30. The standard InChI is InChI=1S/C26H23Cl3FN5O3/c1-26(2,33-23(36)19-6-5-17(30)12-31-19)25(38)32-20-13-35(18-9-15(28)8-16(29)10-18)21-7-4-14(27)11-22(21)34(3)24(20)37/h4-12,20H,13H2,1-3H3,(H,32,38)(H,33,36). The van der Waals surface area contributed by atoms with Crippen molar-refractivity contribution in [2.75, 3.05) is 23.4 Å². The molecule has 8 nitrogen and oxygen atoms in total. The van der Waals surface area contributed by atoms with E-state index in [1.54, 1.807) is 43.4 Å². The number of hydrogen-bond acceptors (Lipinski definition) is 5. The van der Waals surface area contributed by atoms with E-state index < -0.39 is 35.1 Å². The van der Waals surface area contributed by atoms with E-state index in [1.165, 1.54) is 24.8 Å². The van der Waals surface area contributed by atoms with E-state index in [2.05, 4.69) is 15.6 Å². The molecule has 12 heteroatoms. The maximum absolute atomic E-state index is 13.5. The van der Waals surface area contributed by atoms with Crippen molar-refractivity contribution in [3.05, 3.63) is 81.3 Å². The molecule has 0 fully saturated rings. The number of rotatable bonds is 5. The van der Waals surface area contributed by atoms with E-state index in [1.807, 2.05) is 4.90 Å². The maximum Gasteiger partial charge on any atom is 0.270 e. The van der Waals surface area contributed by atoms with Crippen molar-refractivity contribution in [1.82, 2.24) is 15.6 Å². The summed E-state index contributed by atoms with van der Waals surface area (Å²) in [4.78, 5) is 46.4. The predicted molar refractivity (Wildman–Crippen MR) is 146 cm³/mol. The number of carbonyl (C=O) groups excluding carboxylic acids is 3. The summed E-state index contributed by atoms with van der Waals surface area (Å²) in [5.41, 5.74) is 0.261. The van der Waals surface area contributed by atoms with Crippen molar-refractivity contribution < 1.29 is 18.8 Å². The zero-order chi connectivity index (χ0) is 27.8. The van der Waals surface area contributed by atoms with Crippen molar-refractivity contribution >= 4 is 69.6 Å². The normalized spacial score (nSPS) is 15.6. The fourth-order valence-corrected chi connectivity index (χ4v) is 4.69. The molecule has 1 aliphatic rings. The van der Waals surface area contributed by atoms with Crippen LogP contribution in [0, 0.1) is 5.82 Å². The van der Waals surface area contributed by atoms with Gasteiger partial charge in [0.05, 0.1) is 24.1 Å². The number of pyridine rings is 1. The first-order valence-corrected chi connectivity index (χ1v) is 12.5. The Hall–Kier alpha value is -3.40. The molecular formula is C26H23Cl3FN5O3. The van der Waals surface area contributed by atoms with Gasteiger partial charge in [-0.1, -0.05) is 34.8 Å². The van der Waals surface area contributed by atoms with Crippen LogP contribution in [0.2, 0.25) is 15.1 Å². The van der Waals surface area contributed by atoms with Gasteiger partial charge in [0, 0.05) is 27.8 Å². The van der Waals surface area contributed by atoms with Gasteiger partial charge in [0.2, 0.25) is 5.91 Å². The molecule has 0 radical (unpaired) electrons. The molecule has 38 heavy (non-hydrogen) atoms. The van der Waals surface area contributed by atoms with Gasteiger partial charge in [0.25, 0.3) is 11.8 Å². The predicted octanol–water partition coefficient (Wildman–Crippen LogP) is 4.99. The van der Waals surface area contributed by atoms with Crippen molar-refractivity contribution in [3.63, 3.8) is 0 Å². The van der Waals surface area contributed by atoms with Crippen LogP contribution in [0.5, 0.6) is 0 Å². The van der Waals surface area contributed by atoms with Crippen molar-refractivity contribution in [3.8, 4) is 0 Å². The summed E-state index contributed by atoms with van der Waals surface area (Å²) in [5.74, 6) is -2.29. The van der Waals surface area contributed by atoms with Gasteiger partial charge in [-0.25, -0.2) is 9.37 Å². The fourth-order valence-electron chi connectivity index (χ4n) is 4.01. The van der Waals surface area contributed by atoms with E-state index in [9.17, 15) is 18.8 Å². The van der Waals surface area contributed by atoms with Gasteiger partial charge in [-0.05, 0) is 62.4 Å². The molecule has 1 unspecified atom stereocenters. The Morgan fingerprint density at radius 2 is 1.68 bits per heavy atom. The van der Waals surface area contributed by atoms with Crippen LogP contribution in [0.3, 0.4) is 0 Å². The third-order valence-corrected chi connectivity index (χ3v) is 6.67. The SMILES string of the molecule is CN1C(=O)C(NC(=O)C(C)(C)NC(=O)c2ccc(F)cn2)CN(c2cc(Cl)cc(Cl)c2)c2ccc(Cl)cc21. The molecule has 2 aromatic carbocycles. The molecule has 198 valence electrons. The van der Waals surface area contributed by atoms with Crippen LogP contribution < -0.4 is 20.4 Å². The molecule has 2 heterocycles. The van der Waals surface area contributed by atoms with Gasteiger partial charge in [-0.3, -0.25) is 14.4 Å². The number of benzene rings is 2. The van der Waals surface area contributed by atoms with E-state index in [0.29, 0.717) is 32.1 Å². The molecule has 3 aromatic rings. The first kappa shape index (κ1) is 27.6. The molecule has 0 saturated carbocycles. The molecule has 0 aliphatic carbocycles. The summed E-state index contributed by atoms with van der Waals surface area (Å²) in [5, 5.41) is 6.55. The average molecular weight is 579 g/mol. The number of hydrogen-bond donors (Lipinski definition) is 2. The molecule has 0 saturated heterocycles. The zero-order valence-electron chi connectivity index (χ0n) is 20.6. The third-order valence-electron chi connectivity index (χ3n) is 6.00. The van der Waals surface area contributed by atoms with Crippen LogP contribution in [0.1, 0.15) is 24.3 Å². The summed E-state index contributed by atoms with van der Waals surface area (Å²) in [6.07, 6.45) is 0.905. The second-order valence-electron chi connectivity index (χ2n) is 9.24. The van der Waals surface area contributed by atoms with Gasteiger partial charge >= 0.3 is 0 Å². The van der Waals surface area contributed by atoms with Crippen LogP contribution in [0.4, 0.5) is 21.5 Å². The van der Waals surface area contributed by atoms with Crippen molar-refractivity contribution in [2.45, 2.75) is 25.4 Å². The number of anilines is 3. The second-order valence-corrected chi connectivity index (χ2v) is 10.5. The monoisotopic (exact) mass is 577 g/mol. The summed E-state index contributed by atoms with van der Waals surface area (Å²) >= 11 is 18.8. The number of nitrogens with one attached hydrogen (secondary N) is 2. The van der Waals surface area contributed by atoms with E-state index in [-0.39, 0.29) is 12.2 Å². The molecule has 2 N–H and O–H groups in total. The molecule has 3 amide bonds. The van der Waals surface area contributed by atoms with E-state index in [4.69, 9.17) is 34.8 Å². The summed E-state index contributed by atoms with van der Waals surface area (Å²) < 4.78 is 13.2. The first-order valence-electron chi connectivity index (χ1n) is 11.4. The Balaban J connectivity index is 1.64. The first-order chi connectivity index (χ1) is 17.9. The number of amides is 3.